The van der Waals surface area contributed by atoms with Gasteiger partial charge in [0.2, 0.25) is 5.91 Å². The molecule has 1 fully saturated rings. The Hall–Kier alpha value is -1.14. The van der Waals surface area contributed by atoms with E-state index in [0.717, 1.165) is 0 Å². The van der Waals surface area contributed by atoms with Crippen LogP contribution < -0.4 is 11.1 Å². The molecule has 6 heteroatoms. The van der Waals surface area contributed by atoms with E-state index in [1.165, 1.54) is 0 Å². The Bertz CT molecular complexity index is 262. The van der Waals surface area contributed by atoms with Crippen molar-refractivity contribution in [1.82, 2.24) is 5.32 Å². The van der Waals surface area contributed by atoms with E-state index in [-0.39, 0.29) is 12.3 Å². The van der Waals surface area contributed by atoms with Crippen molar-refractivity contribution in [2.75, 3.05) is 19.8 Å². The standard InChI is InChI=1S/C10H18N2O4/c11-8(13)2-1-5-12-10(9(14)15)3-6-16-7-4-10/h12H,1-7H2,(H2,11,13)(H,14,15). The summed E-state index contributed by atoms with van der Waals surface area (Å²) in [5, 5.41) is 12.2. The predicted molar refractivity (Wildman–Crippen MR) is 56.9 cm³/mol. The first kappa shape index (κ1) is 12.9. The van der Waals surface area contributed by atoms with E-state index < -0.39 is 11.5 Å². The fourth-order valence-electron chi connectivity index (χ4n) is 1.78. The molecule has 0 aromatic heterocycles. The number of carboxylic acid groups (broad SMARTS) is 1. The maximum Gasteiger partial charge on any atom is 0.324 e. The zero-order valence-corrected chi connectivity index (χ0v) is 9.20. The molecule has 1 amide bonds. The molecule has 0 atom stereocenters. The summed E-state index contributed by atoms with van der Waals surface area (Å²) in [6, 6.07) is 0. The smallest absolute Gasteiger partial charge is 0.324 e. The van der Waals surface area contributed by atoms with Crippen molar-refractivity contribution >= 4 is 11.9 Å². The molecule has 0 saturated carbocycles. The molecule has 0 aromatic carbocycles. The van der Waals surface area contributed by atoms with Crippen LogP contribution in [-0.4, -0.2) is 42.3 Å². The van der Waals surface area contributed by atoms with Gasteiger partial charge in [0, 0.05) is 19.6 Å². The molecular weight excluding hydrogens is 212 g/mol. The number of nitrogens with one attached hydrogen (secondary N) is 1. The number of primary amides is 1. The van der Waals surface area contributed by atoms with Crippen LogP contribution in [0.2, 0.25) is 0 Å². The molecule has 1 aliphatic rings. The summed E-state index contributed by atoms with van der Waals surface area (Å²) in [7, 11) is 0. The largest absolute Gasteiger partial charge is 0.480 e. The van der Waals surface area contributed by atoms with Crippen LogP contribution in [0.3, 0.4) is 0 Å². The van der Waals surface area contributed by atoms with Gasteiger partial charge in [0.05, 0.1) is 0 Å². The molecule has 92 valence electrons. The van der Waals surface area contributed by atoms with Gasteiger partial charge in [-0.1, -0.05) is 0 Å². The van der Waals surface area contributed by atoms with Crippen LogP contribution >= 0.6 is 0 Å². The van der Waals surface area contributed by atoms with Crippen LogP contribution in [0.4, 0.5) is 0 Å². The number of nitrogens with two attached hydrogens (primary N) is 1. The van der Waals surface area contributed by atoms with Gasteiger partial charge in [0.1, 0.15) is 5.54 Å². The summed E-state index contributed by atoms with van der Waals surface area (Å²) in [5.74, 6) is -1.21. The fraction of sp³-hybridized carbons (Fsp3) is 0.800. The predicted octanol–water partition coefficient (Wildman–Crippen LogP) is -0.525. The van der Waals surface area contributed by atoms with E-state index >= 15 is 0 Å². The van der Waals surface area contributed by atoms with Crippen molar-refractivity contribution in [2.45, 2.75) is 31.2 Å². The molecule has 0 spiro atoms. The molecule has 0 bridgehead atoms. The number of hydrogen-bond donors (Lipinski definition) is 3. The minimum Gasteiger partial charge on any atom is -0.480 e. The Morgan fingerprint density at radius 1 is 1.38 bits per heavy atom. The number of carbonyl (C=O) groups excluding carboxylic acids is 1. The summed E-state index contributed by atoms with van der Waals surface area (Å²) in [6.07, 6.45) is 1.75. The second-order valence-electron chi connectivity index (χ2n) is 4.00. The lowest BCUT2D eigenvalue weighted by molar-refractivity contribution is -0.149. The molecule has 1 heterocycles. The Morgan fingerprint density at radius 2 is 2.00 bits per heavy atom. The monoisotopic (exact) mass is 230 g/mol. The second-order valence-corrected chi connectivity index (χ2v) is 4.00. The van der Waals surface area contributed by atoms with Gasteiger partial charge in [-0.3, -0.25) is 9.59 Å². The Kier molecular flexibility index (Phi) is 4.70. The van der Waals surface area contributed by atoms with E-state index in [9.17, 15) is 14.7 Å². The van der Waals surface area contributed by atoms with E-state index in [2.05, 4.69) is 5.32 Å². The van der Waals surface area contributed by atoms with Crippen molar-refractivity contribution in [2.24, 2.45) is 5.73 Å². The Labute approximate surface area is 94.1 Å². The van der Waals surface area contributed by atoms with E-state index in [0.29, 0.717) is 39.0 Å². The minimum atomic E-state index is -0.893. The maximum absolute atomic E-state index is 11.2. The van der Waals surface area contributed by atoms with E-state index in [4.69, 9.17) is 10.5 Å². The first-order valence-corrected chi connectivity index (χ1v) is 5.41. The number of rotatable bonds is 6. The highest BCUT2D eigenvalue weighted by molar-refractivity contribution is 5.79. The molecule has 0 aromatic rings. The molecule has 16 heavy (non-hydrogen) atoms. The normalized spacial score (nSPS) is 19.2. The molecule has 0 unspecified atom stereocenters. The fourth-order valence-corrected chi connectivity index (χ4v) is 1.78. The third-order valence-corrected chi connectivity index (χ3v) is 2.82. The summed E-state index contributed by atoms with van der Waals surface area (Å²) in [6.45, 7) is 1.39. The van der Waals surface area contributed by atoms with Gasteiger partial charge in [-0.25, -0.2) is 0 Å². The molecule has 0 radical (unpaired) electrons. The van der Waals surface area contributed by atoms with Crippen molar-refractivity contribution in [3.8, 4) is 0 Å². The van der Waals surface area contributed by atoms with Gasteiger partial charge >= 0.3 is 5.97 Å². The molecule has 4 N–H and O–H groups in total. The number of hydrogen-bond acceptors (Lipinski definition) is 4. The molecule has 0 aliphatic carbocycles. The van der Waals surface area contributed by atoms with Gasteiger partial charge in [-0.05, 0) is 25.8 Å². The van der Waals surface area contributed by atoms with Crippen LogP contribution in [0.25, 0.3) is 0 Å². The topological polar surface area (TPSA) is 102 Å². The van der Waals surface area contributed by atoms with Gasteiger partial charge in [0.25, 0.3) is 0 Å². The SMILES string of the molecule is NC(=O)CCCNC1(C(=O)O)CCOCC1. The Morgan fingerprint density at radius 3 is 2.50 bits per heavy atom. The van der Waals surface area contributed by atoms with Crippen LogP contribution in [0.5, 0.6) is 0 Å². The van der Waals surface area contributed by atoms with Crippen LogP contribution in [0, 0.1) is 0 Å². The van der Waals surface area contributed by atoms with Crippen LogP contribution in [-0.2, 0) is 14.3 Å². The molecule has 1 saturated heterocycles. The highest BCUT2D eigenvalue weighted by Crippen LogP contribution is 2.20. The first-order chi connectivity index (χ1) is 7.57. The summed E-state index contributed by atoms with van der Waals surface area (Å²) < 4.78 is 5.14. The van der Waals surface area contributed by atoms with Gasteiger partial charge in [-0.15, -0.1) is 0 Å². The summed E-state index contributed by atoms with van der Waals surface area (Å²) in [5.41, 5.74) is 4.11. The average Bonchev–Trinajstić information content (AvgIpc) is 2.25. The average molecular weight is 230 g/mol. The number of aliphatic carboxylic acids is 1. The zero-order chi connectivity index (χ0) is 12.0. The van der Waals surface area contributed by atoms with Crippen molar-refractivity contribution in [1.29, 1.82) is 0 Å². The lowest BCUT2D eigenvalue weighted by Gasteiger charge is -2.34. The molecular formula is C10H18N2O4. The van der Waals surface area contributed by atoms with Crippen LogP contribution in [0.15, 0.2) is 0 Å². The third kappa shape index (κ3) is 3.46. The van der Waals surface area contributed by atoms with Gasteiger partial charge in [-0.2, -0.15) is 0 Å². The van der Waals surface area contributed by atoms with Crippen molar-refractivity contribution < 1.29 is 19.4 Å². The van der Waals surface area contributed by atoms with Crippen molar-refractivity contribution in [3.63, 3.8) is 0 Å². The highest BCUT2D eigenvalue weighted by Gasteiger charge is 2.39. The number of carbonyl (C=O) groups is 2. The third-order valence-electron chi connectivity index (χ3n) is 2.82. The first-order valence-electron chi connectivity index (χ1n) is 5.41. The summed E-state index contributed by atoms with van der Waals surface area (Å²) in [4.78, 5) is 21.7. The van der Waals surface area contributed by atoms with Gasteiger partial charge in [0.15, 0.2) is 0 Å². The maximum atomic E-state index is 11.2. The van der Waals surface area contributed by atoms with Gasteiger partial charge < -0.3 is 20.9 Å². The molecule has 1 aliphatic heterocycles. The van der Waals surface area contributed by atoms with E-state index in [1.807, 2.05) is 0 Å². The second kappa shape index (κ2) is 5.81. The quantitative estimate of drug-likeness (QED) is 0.533. The number of carboxylic acids is 1. The Balaban J connectivity index is 2.39. The van der Waals surface area contributed by atoms with Crippen molar-refractivity contribution in [3.05, 3.63) is 0 Å². The molecule has 6 nitrogen and oxygen atoms in total. The van der Waals surface area contributed by atoms with Crippen LogP contribution in [0.1, 0.15) is 25.7 Å². The number of amides is 1. The number of ether oxygens (including phenoxy) is 1. The minimum absolute atomic E-state index is 0.277. The molecule has 1 rings (SSSR count). The summed E-state index contributed by atoms with van der Waals surface area (Å²) >= 11 is 0. The zero-order valence-electron chi connectivity index (χ0n) is 9.20. The highest BCUT2D eigenvalue weighted by atomic mass is 16.5. The van der Waals surface area contributed by atoms with E-state index in [1.54, 1.807) is 0 Å². The lowest BCUT2D eigenvalue weighted by atomic mass is 9.90. The lowest BCUT2D eigenvalue weighted by Crippen LogP contribution is -2.55.